The molecular formula is C12H13F2NO. The third kappa shape index (κ3) is 1.92. The van der Waals surface area contributed by atoms with Gasteiger partial charge >= 0.3 is 0 Å². The van der Waals surface area contributed by atoms with Crippen molar-refractivity contribution < 1.29 is 13.6 Å². The fourth-order valence-electron chi connectivity index (χ4n) is 2.19. The molecule has 86 valence electrons. The minimum absolute atomic E-state index is 0.0253. The van der Waals surface area contributed by atoms with Gasteiger partial charge in [0.2, 0.25) is 5.91 Å². The lowest BCUT2D eigenvalue weighted by molar-refractivity contribution is -0.119. The summed E-state index contributed by atoms with van der Waals surface area (Å²) in [5, 5.41) is 2.83. The first kappa shape index (κ1) is 11.0. The first-order valence-corrected chi connectivity index (χ1v) is 5.36. The molecule has 16 heavy (non-hydrogen) atoms. The Labute approximate surface area is 92.7 Å². The van der Waals surface area contributed by atoms with E-state index in [4.69, 9.17) is 0 Å². The molecule has 1 saturated heterocycles. The third-order valence-corrected chi connectivity index (χ3v) is 3.05. The lowest BCUT2D eigenvalue weighted by atomic mass is 9.90. The molecule has 0 bridgehead atoms. The van der Waals surface area contributed by atoms with Crippen LogP contribution in [0.3, 0.4) is 0 Å². The van der Waals surface area contributed by atoms with E-state index in [-0.39, 0.29) is 17.9 Å². The van der Waals surface area contributed by atoms with E-state index in [2.05, 4.69) is 5.32 Å². The Bertz CT molecular complexity index is 419. The number of amides is 1. The summed E-state index contributed by atoms with van der Waals surface area (Å²) in [7, 11) is 0. The van der Waals surface area contributed by atoms with Crippen LogP contribution in [0.15, 0.2) is 18.2 Å². The third-order valence-electron chi connectivity index (χ3n) is 3.05. The monoisotopic (exact) mass is 225 g/mol. The maximum atomic E-state index is 13.1. The molecule has 0 saturated carbocycles. The van der Waals surface area contributed by atoms with E-state index in [9.17, 15) is 13.6 Å². The maximum absolute atomic E-state index is 13.1. The van der Waals surface area contributed by atoms with E-state index in [1.165, 1.54) is 6.07 Å². The average Bonchev–Trinajstić information content (AvgIpc) is 2.63. The topological polar surface area (TPSA) is 29.1 Å². The Hall–Kier alpha value is -1.45. The van der Waals surface area contributed by atoms with Crippen LogP contribution in [0.4, 0.5) is 8.78 Å². The van der Waals surface area contributed by atoms with Gasteiger partial charge in [-0.05, 0) is 24.1 Å². The molecule has 1 N–H and O–H groups in total. The number of hydrogen-bond acceptors (Lipinski definition) is 1. The molecule has 1 heterocycles. The highest BCUT2D eigenvalue weighted by Crippen LogP contribution is 2.30. The zero-order chi connectivity index (χ0) is 11.7. The van der Waals surface area contributed by atoms with Gasteiger partial charge in [-0.1, -0.05) is 13.0 Å². The van der Waals surface area contributed by atoms with Gasteiger partial charge < -0.3 is 5.32 Å². The van der Waals surface area contributed by atoms with Gasteiger partial charge in [0.05, 0.1) is 0 Å². The van der Waals surface area contributed by atoms with Crippen molar-refractivity contribution in [1.82, 2.24) is 5.32 Å². The van der Waals surface area contributed by atoms with Gasteiger partial charge in [0, 0.05) is 18.4 Å². The number of carbonyl (C=O) groups excluding carboxylic acids is 1. The number of benzene rings is 1. The fraction of sp³-hybridized carbons (Fsp3) is 0.417. The van der Waals surface area contributed by atoms with Crippen LogP contribution in [0.1, 0.15) is 31.2 Å². The van der Waals surface area contributed by atoms with E-state index in [1.54, 1.807) is 6.07 Å². The van der Waals surface area contributed by atoms with Gasteiger partial charge in [0.15, 0.2) is 11.6 Å². The van der Waals surface area contributed by atoms with E-state index in [0.29, 0.717) is 12.0 Å². The van der Waals surface area contributed by atoms with Crippen LogP contribution in [0, 0.1) is 11.6 Å². The van der Waals surface area contributed by atoms with E-state index < -0.39 is 11.6 Å². The van der Waals surface area contributed by atoms with Crippen LogP contribution < -0.4 is 5.32 Å². The summed E-state index contributed by atoms with van der Waals surface area (Å²) in [6, 6.07) is 3.87. The van der Waals surface area contributed by atoms with Crippen molar-refractivity contribution in [3.8, 4) is 0 Å². The molecule has 0 aliphatic carbocycles. The van der Waals surface area contributed by atoms with Crippen molar-refractivity contribution in [3.05, 3.63) is 35.4 Å². The molecule has 1 aliphatic rings. The highest BCUT2D eigenvalue weighted by molar-refractivity contribution is 5.80. The molecule has 1 aromatic rings. The van der Waals surface area contributed by atoms with Crippen LogP contribution in [0.25, 0.3) is 0 Å². The zero-order valence-electron chi connectivity index (χ0n) is 8.97. The summed E-state index contributed by atoms with van der Waals surface area (Å²) < 4.78 is 25.9. The maximum Gasteiger partial charge on any atom is 0.220 e. The lowest BCUT2D eigenvalue weighted by Crippen LogP contribution is -2.27. The zero-order valence-corrected chi connectivity index (χ0v) is 8.97. The average molecular weight is 225 g/mol. The van der Waals surface area contributed by atoms with Crippen LogP contribution >= 0.6 is 0 Å². The van der Waals surface area contributed by atoms with Crippen molar-refractivity contribution in [3.63, 3.8) is 0 Å². The minimum Gasteiger partial charge on any atom is -0.353 e. The minimum atomic E-state index is -0.855. The second-order valence-electron chi connectivity index (χ2n) is 4.07. The molecule has 1 amide bonds. The molecular weight excluding hydrogens is 212 g/mol. The Morgan fingerprint density at radius 2 is 2.12 bits per heavy atom. The molecule has 1 fully saturated rings. The fourth-order valence-corrected chi connectivity index (χ4v) is 2.19. The van der Waals surface area contributed by atoms with Crippen LogP contribution in [0.2, 0.25) is 0 Å². The molecule has 0 radical (unpaired) electrons. The predicted molar refractivity (Wildman–Crippen MR) is 55.9 cm³/mol. The second kappa shape index (κ2) is 4.20. The molecule has 4 heteroatoms. The number of hydrogen-bond donors (Lipinski definition) is 1. The second-order valence-corrected chi connectivity index (χ2v) is 4.07. The number of nitrogens with one attached hydrogen (secondary N) is 1. The van der Waals surface area contributed by atoms with Gasteiger partial charge in [0.1, 0.15) is 0 Å². The van der Waals surface area contributed by atoms with E-state index >= 15 is 0 Å². The molecule has 2 atom stereocenters. The summed E-state index contributed by atoms with van der Waals surface area (Å²) in [4.78, 5) is 11.3. The molecule has 1 aliphatic heterocycles. The number of rotatable bonds is 2. The largest absolute Gasteiger partial charge is 0.353 e. The quantitative estimate of drug-likeness (QED) is 0.822. The summed E-state index contributed by atoms with van der Waals surface area (Å²) in [6.07, 6.45) is 1.14. The smallest absolute Gasteiger partial charge is 0.220 e. The standard InChI is InChI=1S/C12H13F2NO/c1-2-11-8(6-12(16)15-11)7-3-4-9(13)10(14)5-7/h3-5,8,11H,2,6H2,1H3,(H,15,16). The molecule has 2 rings (SSSR count). The van der Waals surface area contributed by atoms with Gasteiger partial charge in [-0.15, -0.1) is 0 Å². The van der Waals surface area contributed by atoms with Crippen molar-refractivity contribution in [2.24, 2.45) is 0 Å². The highest BCUT2D eigenvalue weighted by Gasteiger charge is 2.32. The molecule has 0 spiro atoms. The number of halogens is 2. The Morgan fingerprint density at radius 3 is 2.75 bits per heavy atom. The molecule has 2 unspecified atom stereocenters. The van der Waals surface area contributed by atoms with Gasteiger partial charge in [0.25, 0.3) is 0 Å². The predicted octanol–water partition coefficient (Wildman–Crippen LogP) is 2.35. The van der Waals surface area contributed by atoms with E-state index in [0.717, 1.165) is 12.5 Å². The van der Waals surface area contributed by atoms with Crippen molar-refractivity contribution in [2.75, 3.05) is 0 Å². The summed E-state index contributed by atoms with van der Waals surface area (Å²) in [6.45, 7) is 1.96. The first-order valence-electron chi connectivity index (χ1n) is 5.36. The van der Waals surface area contributed by atoms with Gasteiger partial charge in [-0.2, -0.15) is 0 Å². The van der Waals surface area contributed by atoms with Gasteiger partial charge in [-0.3, -0.25) is 4.79 Å². The van der Waals surface area contributed by atoms with Crippen molar-refractivity contribution in [2.45, 2.75) is 31.7 Å². The van der Waals surface area contributed by atoms with Crippen molar-refractivity contribution in [1.29, 1.82) is 0 Å². The van der Waals surface area contributed by atoms with Crippen LogP contribution in [-0.2, 0) is 4.79 Å². The lowest BCUT2D eigenvalue weighted by Gasteiger charge is -2.17. The Morgan fingerprint density at radius 1 is 1.38 bits per heavy atom. The summed E-state index contributed by atoms with van der Waals surface area (Å²) in [5.74, 6) is -1.78. The molecule has 0 aromatic heterocycles. The molecule has 1 aromatic carbocycles. The number of carbonyl (C=O) groups is 1. The summed E-state index contributed by atoms with van der Waals surface area (Å²) in [5.41, 5.74) is 0.684. The van der Waals surface area contributed by atoms with Crippen molar-refractivity contribution >= 4 is 5.91 Å². The summed E-state index contributed by atoms with van der Waals surface area (Å²) >= 11 is 0. The van der Waals surface area contributed by atoms with Gasteiger partial charge in [-0.25, -0.2) is 8.78 Å². The molecule has 2 nitrogen and oxygen atoms in total. The van der Waals surface area contributed by atoms with Crippen LogP contribution in [-0.4, -0.2) is 11.9 Å². The van der Waals surface area contributed by atoms with Crippen LogP contribution in [0.5, 0.6) is 0 Å². The Kier molecular flexibility index (Phi) is 2.90. The first-order chi connectivity index (χ1) is 7.61. The normalized spacial score (nSPS) is 24.6. The highest BCUT2D eigenvalue weighted by atomic mass is 19.2. The Balaban J connectivity index is 2.29. The van der Waals surface area contributed by atoms with E-state index in [1.807, 2.05) is 6.92 Å². The SMILES string of the molecule is CCC1NC(=O)CC1c1ccc(F)c(F)c1.